The van der Waals surface area contributed by atoms with Gasteiger partial charge in [0.15, 0.2) is 0 Å². The van der Waals surface area contributed by atoms with Gasteiger partial charge < -0.3 is 11.5 Å². The van der Waals surface area contributed by atoms with Gasteiger partial charge in [0.05, 0.1) is 0 Å². The summed E-state index contributed by atoms with van der Waals surface area (Å²) in [5.74, 6) is -1.54. The van der Waals surface area contributed by atoms with Crippen molar-refractivity contribution >= 4 is 51.8 Å². The third-order valence-corrected chi connectivity index (χ3v) is 5.01. The second-order valence-electron chi connectivity index (χ2n) is 7.16. The molecule has 3 rings (SSSR count). The highest BCUT2D eigenvalue weighted by Gasteiger charge is 2.02. The van der Waals surface area contributed by atoms with Crippen LogP contribution in [0.3, 0.4) is 0 Å². The molecule has 0 aliphatic rings. The monoisotopic (exact) mass is 530 g/mol. The molecule has 3 aromatic carbocycles. The summed E-state index contributed by atoms with van der Waals surface area (Å²) in [5.41, 5.74) is 15.1. The molecule has 0 spiro atoms. The standard InChI is InChI=1S/C26H23BrN6O2/c27-22-13-9-18(10-14-22)11-15-23(34)30-25(28)32-33-26(29)31-24(35)16-12-19-5-4-8-21(17-19)20-6-2-1-3-7-20/h1-17H,(H3,28,30,32,34)(H3,29,31,33,35). The molecule has 9 heteroatoms. The molecule has 0 saturated heterocycles. The van der Waals surface area contributed by atoms with Crippen molar-refractivity contribution in [3.8, 4) is 11.1 Å². The maximum Gasteiger partial charge on any atom is 0.250 e. The van der Waals surface area contributed by atoms with Crippen molar-refractivity contribution in [2.24, 2.45) is 21.7 Å². The van der Waals surface area contributed by atoms with Crippen LogP contribution in [0.4, 0.5) is 0 Å². The minimum absolute atomic E-state index is 0.277. The molecule has 0 fully saturated rings. The Kier molecular flexibility index (Phi) is 9.09. The molecule has 0 aliphatic carbocycles. The van der Waals surface area contributed by atoms with E-state index in [1.807, 2.05) is 78.9 Å². The molecule has 3 aromatic rings. The quantitative estimate of drug-likeness (QED) is 0.167. The predicted octanol–water partition coefficient (Wildman–Crippen LogP) is 3.62. The summed E-state index contributed by atoms with van der Waals surface area (Å²) in [7, 11) is 0. The first-order valence-electron chi connectivity index (χ1n) is 10.4. The lowest BCUT2D eigenvalue weighted by molar-refractivity contribution is -0.116. The van der Waals surface area contributed by atoms with Gasteiger partial charge in [0.1, 0.15) is 0 Å². The van der Waals surface area contributed by atoms with Crippen LogP contribution in [0.5, 0.6) is 0 Å². The first kappa shape index (κ1) is 25.1. The van der Waals surface area contributed by atoms with E-state index < -0.39 is 11.8 Å². The number of rotatable bonds is 6. The van der Waals surface area contributed by atoms with E-state index in [4.69, 9.17) is 11.5 Å². The smallest absolute Gasteiger partial charge is 0.250 e. The highest BCUT2D eigenvalue weighted by atomic mass is 79.9. The molecule has 0 heterocycles. The molecule has 0 unspecified atom stereocenters. The number of nitrogens with zero attached hydrogens (tertiary/aromatic N) is 2. The Balaban J connectivity index is 1.51. The van der Waals surface area contributed by atoms with Gasteiger partial charge in [0.25, 0.3) is 11.8 Å². The molecule has 8 nitrogen and oxygen atoms in total. The summed E-state index contributed by atoms with van der Waals surface area (Å²) in [4.78, 5) is 24.0. The zero-order valence-electron chi connectivity index (χ0n) is 18.6. The third-order valence-electron chi connectivity index (χ3n) is 4.49. The van der Waals surface area contributed by atoms with Crippen molar-refractivity contribution in [3.63, 3.8) is 0 Å². The number of hydrogen-bond donors (Lipinski definition) is 4. The zero-order valence-corrected chi connectivity index (χ0v) is 20.1. The molecular weight excluding hydrogens is 508 g/mol. The van der Waals surface area contributed by atoms with Crippen LogP contribution in [0.25, 0.3) is 23.3 Å². The summed E-state index contributed by atoms with van der Waals surface area (Å²) in [6.45, 7) is 0. The van der Waals surface area contributed by atoms with Gasteiger partial charge in [0, 0.05) is 16.6 Å². The lowest BCUT2D eigenvalue weighted by Crippen LogP contribution is -2.37. The molecule has 0 bridgehead atoms. The van der Waals surface area contributed by atoms with Crippen LogP contribution >= 0.6 is 15.9 Å². The van der Waals surface area contributed by atoms with Gasteiger partial charge in [-0.1, -0.05) is 76.6 Å². The van der Waals surface area contributed by atoms with Gasteiger partial charge in [-0.15, -0.1) is 10.2 Å². The van der Waals surface area contributed by atoms with Gasteiger partial charge in [-0.25, -0.2) is 0 Å². The first-order valence-corrected chi connectivity index (χ1v) is 11.2. The highest BCUT2D eigenvalue weighted by Crippen LogP contribution is 2.20. The molecule has 0 atom stereocenters. The second kappa shape index (κ2) is 12.7. The third kappa shape index (κ3) is 8.75. The molecule has 2 amide bonds. The van der Waals surface area contributed by atoms with Crippen molar-refractivity contribution in [2.75, 3.05) is 0 Å². The molecule has 6 N–H and O–H groups in total. The lowest BCUT2D eigenvalue weighted by Gasteiger charge is -2.03. The van der Waals surface area contributed by atoms with E-state index in [9.17, 15) is 9.59 Å². The van der Waals surface area contributed by atoms with Crippen molar-refractivity contribution < 1.29 is 9.59 Å². The van der Waals surface area contributed by atoms with Crippen molar-refractivity contribution in [1.82, 2.24) is 10.6 Å². The Hall–Kier alpha value is -4.50. The lowest BCUT2D eigenvalue weighted by atomic mass is 10.0. The Morgan fingerprint density at radius 2 is 1.23 bits per heavy atom. The van der Waals surface area contributed by atoms with E-state index in [0.29, 0.717) is 0 Å². The number of carbonyl (C=O) groups excluding carboxylic acids is 2. The van der Waals surface area contributed by atoms with Crippen LogP contribution < -0.4 is 22.1 Å². The summed E-state index contributed by atoms with van der Waals surface area (Å²) < 4.78 is 0.936. The molecule has 0 radical (unpaired) electrons. The van der Waals surface area contributed by atoms with Crippen LogP contribution in [-0.2, 0) is 9.59 Å². The summed E-state index contributed by atoms with van der Waals surface area (Å²) in [6, 6.07) is 25.1. The summed E-state index contributed by atoms with van der Waals surface area (Å²) >= 11 is 3.34. The fraction of sp³-hybridized carbons (Fsp3) is 0. The Morgan fingerprint density at radius 3 is 1.83 bits per heavy atom. The van der Waals surface area contributed by atoms with Crippen molar-refractivity contribution in [3.05, 3.63) is 107 Å². The fourth-order valence-corrected chi connectivity index (χ4v) is 3.13. The largest absolute Gasteiger partial charge is 0.368 e. The second-order valence-corrected chi connectivity index (χ2v) is 8.07. The van der Waals surface area contributed by atoms with Gasteiger partial charge in [0.2, 0.25) is 11.9 Å². The molecule has 0 aliphatic heterocycles. The number of carbonyl (C=O) groups is 2. The van der Waals surface area contributed by atoms with E-state index in [0.717, 1.165) is 26.7 Å². The maximum absolute atomic E-state index is 12.1. The fourth-order valence-electron chi connectivity index (χ4n) is 2.86. The van der Waals surface area contributed by atoms with Crippen LogP contribution in [0, 0.1) is 0 Å². The topological polar surface area (TPSA) is 135 Å². The average molecular weight is 531 g/mol. The molecule has 35 heavy (non-hydrogen) atoms. The first-order chi connectivity index (χ1) is 16.9. The van der Waals surface area contributed by atoms with E-state index >= 15 is 0 Å². The number of amides is 2. The van der Waals surface area contributed by atoms with Gasteiger partial charge in [-0.3, -0.25) is 20.2 Å². The van der Waals surface area contributed by atoms with Crippen LogP contribution in [0.1, 0.15) is 11.1 Å². The highest BCUT2D eigenvalue weighted by molar-refractivity contribution is 9.10. The zero-order chi connectivity index (χ0) is 25.0. The summed E-state index contributed by atoms with van der Waals surface area (Å²) in [6.07, 6.45) is 5.91. The van der Waals surface area contributed by atoms with E-state index in [-0.39, 0.29) is 11.9 Å². The molecule has 0 aromatic heterocycles. The Bertz CT molecular complexity index is 1300. The average Bonchev–Trinajstić information content (AvgIpc) is 2.86. The molecular formula is C26H23BrN6O2. The maximum atomic E-state index is 12.1. The van der Waals surface area contributed by atoms with Crippen LogP contribution in [-0.4, -0.2) is 23.7 Å². The Labute approximate surface area is 211 Å². The summed E-state index contributed by atoms with van der Waals surface area (Å²) in [5, 5.41) is 11.9. The van der Waals surface area contributed by atoms with Crippen LogP contribution in [0.2, 0.25) is 0 Å². The van der Waals surface area contributed by atoms with Crippen LogP contribution in [0.15, 0.2) is 106 Å². The Morgan fingerprint density at radius 1 is 0.686 bits per heavy atom. The van der Waals surface area contributed by atoms with Crippen molar-refractivity contribution in [2.45, 2.75) is 0 Å². The minimum Gasteiger partial charge on any atom is -0.368 e. The predicted molar refractivity (Wildman–Crippen MR) is 144 cm³/mol. The van der Waals surface area contributed by atoms with Gasteiger partial charge in [-0.05, 0) is 52.6 Å². The minimum atomic E-state index is -0.494. The molecule has 0 saturated carbocycles. The number of halogens is 1. The number of guanidine groups is 2. The number of hydrogen-bond acceptors (Lipinski definition) is 4. The SMILES string of the molecule is NC(=NN=C(N)NC(=O)C=Cc1cccc(-c2ccccc2)c1)NC(=O)C=Cc1ccc(Br)cc1. The normalized spacial score (nSPS) is 12.1. The number of benzene rings is 3. The van der Waals surface area contributed by atoms with Gasteiger partial charge in [-0.2, -0.15) is 0 Å². The number of nitrogens with two attached hydrogens (primary N) is 2. The molecule has 176 valence electrons. The van der Waals surface area contributed by atoms with E-state index in [1.54, 1.807) is 12.2 Å². The van der Waals surface area contributed by atoms with E-state index in [1.165, 1.54) is 12.2 Å². The van der Waals surface area contributed by atoms with E-state index in [2.05, 4.69) is 36.8 Å². The van der Waals surface area contributed by atoms with Crippen molar-refractivity contribution in [1.29, 1.82) is 0 Å². The number of nitrogens with one attached hydrogen (secondary N) is 2. The van der Waals surface area contributed by atoms with Gasteiger partial charge >= 0.3 is 0 Å².